The number of para-hydroxylation sites is 1. The van der Waals surface area contributed by atoms with Crippen LogP contribution >= 0.6 is 0 Å². The van der Waals surface area contributed by atoms with E-state index in [0.29, 0.717) is 36.3 Å². The fourth-order valence-corrected chi connectivity index (χ4v) is 4.26. The molecule has 7 nitrogen and oxygen atoms in total. The lowest BCUT2D eigenvalue weighted by atomic mass is 9.96. The van der Waals surface area contributed by atoms with E-state index in [1.165, 1.54) is 0 Å². The number of nitrogens with one attached hydrogen (secondary N) is 1. The summed E-state index contributed by atoms with van der Waals surface area (Å²) in [4.78, 5) is 39.4. The minimum absolute atomic E-state index is 0.0510. The second kappa shape index (κ2) is 12.4. The Morgan fingerprint density at radius 1 is 0.897 bits per heavy atom. The first-order chi connectivity index (χ1) is 18.7. The zero-order valence-corrected chi connectivity index (χ0v) is 22.6. The Morgan fingerprint density at radius 2 is 1.59 bits per heavy atom. The van der Waals surface area contributed by atoms with E-state index in [2.05, 4.69) is 5.32 Å². The lowest BCUT2D eigenvalue weighted by molar-refractivity contribution is 0.0635. The summed E-state index contributed by atoms with van der Waals surface area (Å²) in [5, 5.41) is 2.75. The first-order valence-electron chi connectivity index (χ1n) is 13.0. The normalized spacial score (nSPS) is 13.3. The number of carbonyl (C=O) groups excluding carboxylic acids is 3. The van der Waals surface area contributed by atoms with Crippen molar-refractivity contribution in [3.63, 3.8) is 0 Å². The molecule has 0 bridgehead atoms. The molecule has 0 unspecified atom stereocenters. The van der Waals surface area contributed by atoms with E-state index in [1.54, 1.807) is 37.8 Å². The van der Waals surface area contributed by atoms with E-state index in [4.69, 9.17) is 9.47 Å². The topological polar surface area (TPSA) is 84.9 Å². The molecule has 0 aliphatic carbocycles. The standard InChI is InChI=1S/C32H34N2O5/c1-32(2,3)39-30(36)33-28-12-8-7-11-27(28)21-29(35)26-15-13-24(14-16-26)25-17-19-34(20-18-25)31(37)38-22-23-9-5-4-6-10-23/h4-17H,18-22H2,1-3H3,(H,33,36). The second-order valence-corrected chi connectivity index (χ2v) is 10.4. The van der Waals surface area contributed by atoms with Gasteiger partial charge in [0.15, 0.2) is 5.78 Å². The molecule has 0 spiro atoms. The number of Topliss-reactive ketones (excluding diaryl/α,β-unsaturated/α-hetero) is 1. The molecule has 3 aromatic carbocycles. The number of nitrogens with zero attached hydrogens (tertiary/aromatic N) is 1. The number of amides is 2. The average Bonchev–Trinajstić information content (AvgIpc) is 2.92. The second-order valence-electron chi connectivity index (χ2n) is 10.4. The highest BCUT2D eigenvalue weighted by molar-refractivity contribution is 5.99. The van der Waals surface area contributed by atoms with Crippen LogP contribution in [-0.4, -0.2) is 41.6 Å². The number of benzene rings is 3. The molecule has 202 valence electrons. The van der Waals surface area contributed by atoms with E-state index in [0.717, 1.165) is 16.7 Å². The van der Waals surface area contributed by atoms with Gasteiger partial charge in [0.25, 0.3) is 0 Å². The van der Waals surface area contributed by atoms with Crippen LogP contribution in [0.15, 0.2) is 84.9 Å². The van der Waals surface area contributed by atoms with Crippen molar-refractivity contribution < 1.29 is 23.9 Å². The van der Waals surface area contributed by atoms with Crippen molar-refractivity contribution in [3.05, 3.63) is 107 Å². The fourth-order valence-electron chi connectivity index (χ4n) is 4.26. The monoisotopic (exact) mass is 526 g/mol. The van der Waals surface area contributed by atoms with Crippen molar-refractivity contribution >= 4 is 29.2 Å². The predicted molar refractivity (Wildman–Crippen MR) is 152 cm³/mol. The van der Waals surface area contributed by atoms with Gasteiger partial charge in [-0.3, -0.25) is 10.1 Å². The van der Waals surface area contributed by atoms with Gasteiger partial charge in [-0.2, -0.15) is 0 Å². The van der Waals surface area contributed by atoms with Crippen LogP contribution in [0.3, 0.4) is 0 Å². The SMILES string of the molecule is CC(C)(C)OC(=O)Nc1ccccc1CC(=O)c1ccc(C2=CCN(C(=O)OCc3ccccc3)CC2)cc1. The predicted octanol–water partition coefficient (Wildman–Crippen LogP) is 6.88. The lowest BCUT2D eigenvalue weighted by Gasteiger charge is -2.26. The van der Waals surface area contributed by atoms with Gasteiger partial charge in [-0.1, -0.05) is 78.9 Å². The highest BCUT2D eigenvalue weighted by Crippen LogP contribution is 2.24. The molecule has 7 heteroatoms. The Kier molecular flexibility index (Phi) is 8.81. The summed E-state index contributed by atoms with van der Waals surface area (Å²) in [6.45, 7) is 6.70. The minimum Gasteiger partial charge on any atom is -0.445 e. The van der Waals surface area contributed by atoms with Gasteiger partial charge >= 0.3 is 12.2 Å². The van der Waals surface area contributed by atoms with Crippen molar-refractivity contribution in [1.29, 1.82) is 0 Å². The summed E-state index contributed by atoms with van der Waals surface area (Å²) < 4.78 is 10.8. The molecular formula is C32H34N2O5. The zero-order chi connectivity index (χ0) is 27.8. The molecular weight excluding hydrogens is 492 g/mol. The highest BCUT2D eigenvalue weighted by atomic mass is 16.6. The summed E-state index contributed by atoms with van der Waals surface area (Å²) in [7, 11) is 0. The molecule has 1 N–H and O–H groups in total. The van der Waals surface area contributed by atoms with E-state index >= 15 is 0 Å². The molecule has 0 atom stereocenters. The van der Waals surface area contributed by atoms with Gasteiger partial charge in [-0.05, 0) is 55.5 Å². The average molecular weight is 527 g/mol. The Bertz CT molecular complexity index is 1340. The van der Waals surface area contributed by atoms with Crippen molar-refractivity contribution in [2.75, 3.05) is 18.4 Å². The van der Waals surface area contributed by atoms with Gasteiger partial charge in [-0.25, -0.2) is 9.59 Å². The van der Waals surface area contributed by atoms with Crippen LogP contribution in [0.5, 0.6) is 0 Å². The maximum absolute atomic E-state index is 13.0. The first-order valence-corrected chi connectivity index (χ1v) is 13.0. The van der Waals surface area contributed by atoms with Gasteiger partial charge < -0.3 is 14.4 Å². The van der Waals surface area contributed by atoms with Gasteiger partial charge in [0.1, 0.15) is 12.2 Å². The number of carbonyl (C=O) groups is 3. The minimum atomic E-state index is -0.617. The fraction of sp³-hybridized carbons (Fsp3) is 0.281. The number of ketones is 1. The summed E-state index contributed by atoms with van der Waals surface area (Å²) in [5.74, 6) is -0.0510. The van der Waals surface area contributed by atoms with Crippen molar-refractivity contribution in [1.82, 2.24) is 4.90 Å². The Labute approximate surface area is 229 Å². The molecule has 0 radical (unpaired) electrons. The molecule has 0 saturated heterocycles. The van der Waals surface area contributed by atoms with Crippen molar-refractivity contribution in [3.8, 4) is 0 Å². The third-order valence-corrected chi connectivity index (χ3v) is 6.25. The van der Waals surface area contributed by atoms with E-state index in [1.807, 2.05) is 72.8 Å². The van der Waals surface area contributed by atoms with Gasteiger partial charge in [0, 0.05) is 30.8 Å². The largest absolute Gasteiger partial charge is 0.445 e. The maximum atomic E-state index is 13.0. The van der Waals surface area contributed by atoms with E-state index in [-0.39, 0.29) is 24.9 Å². The Balaban J connectivity index is 1.33. The van der Waals surface area contributed by atoms with Crippen molar-refractivity contribution in [2.45, 2.75) is 45.8 Å². The van der Waals surface area contributed by atoms with Crippen LogP contribution in [0.2, 0.25) is 0 Å². The third kappa shape index (κ3) is 8.04. The van der Waals surface area contributed by atoms with Crippen LogP contribution in [0.4, 0.5) is 15.3 Å². The van der Waals surface area contributed by atoms with Crippen LogP contribution in [0.1, 0.15) is 54.2 Å². The van der Waals surface area contributed by atoms with Gasteiger partial charge in [0.2, 0.25) is 0 Å². The number of ether oxygens (including phenoxy) is 2. The highest BCUT2D eigenvalue weighted by Gasteiger charge is 2.20. The Hall–Kier alpha value is -4.39. The zero-order valence-electron chi connectivity index (χ0n) is 22.6. The summed E-state index contributed by atoms with van der Waals surface area (Å²) in [6, 6.07) is 24.4. The quantitative estimate of drug-likeness (QED) is 0.339. The molecule has 0 saturated carbocycles. The molecule has 1 aliphatic heterocycles. The van der Waals surface area contributed by atoms with E-state index in [9.17, 15) is 14.4 Å². The smallest absolute Gasteiger partial charge is 0.412 e. The Morgan fingerprint density at radius 3 is 2.26 bits per heavy atom. The number of hydrogen-bond acceptors (Lipinski definition) is 5. The summed E-state index contributed by atoms with van der Waals surface area (Å²) >= 11 is 0. The maximum Gasteiger partial charge on any atom is 0.412 e. The van der Waals surface area contributed by atoms with Crippen LogP contribution in [0, 0.1) is 0 Å². The molecule has 3 aromatic rings. The third-order valence-electron chi connectivity index (χ3n) is 6.25. The van der Waals surface area contributed by atoms with Crippen LogP contribution in [0.25, 0.3) is 5.57 Å². The molecule has 1 aliphatic rings. The first kappa shape index (κ1) is 27.6. The lowest BCUT2D eigenvalue weighted by Crippen LogP contribution is -2.35. The molecule has 2 amide bonds. The molecule has 0 fully saturated rings. The number of rotatable bonds is 7. The molecule has 0 aromatic heterocycles. The van der Waals surface area contributed by atoms with Crippen LogP contribution < -0.4 is 5.32 Å². The van der Waals surface area contributed by atoms with Gasteiger partial charge in [0.05, 0.1) is 0 Å². The van der Waals surface area contributed by atoms with Gasteiger partial charge in [-0.15, -0.1) is 0 Å². The molecule has 1 heterocycles. The van der Waals surface area contributed by atoms with E-state index < -0.39 is 11.7 Å². The summed E-state index contributed by atoms with van der Waals surface area (Å²) in [6.07, 6.45) is 2.00. The van der Waals surface area contributed by atoms with Crippen molar-refractivity contribution in [2.24, 2.45) is 0 Å². The van der Waals surface area contributed by atoms with Crippen LogP contribution in [-0.2, 0) is 22.5 Å². The number of anilines is 1. The molecule has 39 heavy (non-hydrogen) atoms. The summed E-state index contributed by atoms with van der Waals surface area (Å²) in [5.41, 5.74) is 4.35. The molecule has 4 rings (SSSR count). The number of hydrogen-bond donors (Lipinski definition) is 1.